The topological polar surface area (TPSA) is 71.2 Å². The Balaban J connectivity index is 1.57. The van der Waals surface area contributed by atoms with Gasteiger partial charge in [-0.15, -0.1) is 5.10 Å². The Labute approximate surface area is 198 Å². The van der Waals surface area contributed by atoms with Crippen molar-refractivity contribution in [2.24, 2.45) is 0 Å². The Morgan fingerprint density at radius 1 is 0.824 bits per heavy atom. The van der Waals surface area contributed by atoms with Gasteiger partial charge in [0.2, 0.25) is 0 Å². The van der Waals surface area contributed by atoms with Crippen molar-refractivity contribution in [2.45, 2.75) is 26.2 Å². The van der Waals surface area contributed by atoms with E-state index in [1.54, 1.807) is 4.68 Å². The molecule has 0 aliphatic heterocycles. The summed E-state index contributed by atoms with van der Waals surface area (Å²) in [5.41, 5.74) is 3.81. The van der Waals surface area contributed by atoms with Gasteiger partial charge < -0.3 is 13.6 Å². The van der Waals surface area contributed by atoms with Crippen LogP contribution in [-0.2, 0) is 20.2 Å². The van der Waals surface area contributed by atoms with Crippen molar-refractivity contribution in [3.8, 4) is 0 Å². The molecule has 2 aromatic heterocycles. The lowest BCUT2D eigenvalue weighted by atomic mass is 10.2. The van der Waals surface area contributed by atoms with Gasteiger partial charge in [-0.05, 0) is 31.5 Å². The number of hydrogen-bond donors (Lipinski definition) is 0. The summed E-state index contributed by atoms with van der Waals surface area (Å²) in [5, 5.41) is 11.2. The lowest BCUT2D eigenvalue weighted by molar-refractivity contribution is 0.206. The molecule has 0 fully saturated rings. The van der Waals surface area contributed by atoms with Crippen LogP contribution in [0.2, 0.25) is 0 Å². The zero-order chi connectivity index (χ0) is 23.5. The lowest BCUT2D eigenvalue weighted by Gasteiger charge is -2.26. The molecule has 0 radical (unpaired) electrons. The summed E-state index contributed by atoms with van der Waals surface area (Å²) in [5.74, 6) is -0.729. The van der Waals surface area contributed by atoms with Gasteiger partial charge in [0.1, 0.15) is 5.69 Å². The fourth-order valence-corrected chi connectivity index (χ4v) is 6.50. The first-order chi connectivity index (χ1) is 16.6. The molecule has 8 heteroatoms. The minimum atomic E-state index is -3.56. The Bertz CT molecular complexity index is 1400. The maximum atomic E-state index is 13.9. The summed E-state index contributed by atoms with van der Waals surface area (Å²) in [6.45, 7) is 4.68. The third-order valence-corrected chi connectivity index (χ3v) is 8.19. The van der Waals surface area contributed by atoms with Crippen molar-refractivity contribution in [3.63, 3.8) is 0 Å². The molecule has 5 rings (SSSR count). The first-order valence-corrected chi connectivity index (χ1v) is 13.1. The number of para-hydroxylation sites is 2. The summed E-state index contributed by atoms with van der Waals surface area (Å²) in [4.78, 5) is 0. The number of benzene rings is 3. The molecular weight excluding hydrogens is 447 g/mol. The average molecular weight is 475 g/mol. The summed E-state index contributed by atoms with van der Waals surface area (Å²) in [6.07, 6.45) is 1.84. The normalized spacial score (nSPS) is 13.0. The minimum absolute atomic E-state index is 0.267. The van der Waals surface area contributed by atoms with Crippen LogP contribution in [0, 0.1) is 0 Å². The lowest BCUT2D eigenvalue weighted by Crippen LogP contribution is -2.16. The average Bonchev–Trinajstić information content (AvgIpc) is 3.44. The second-order valence-electron chi connectivity index (χ2n) is 7.97. The maximum Gasteiger partial charge on any atom is 0.359 e. The van der Waals surface area contributed by atoms with Gasteiger partial charge >= 0.3 is 7.60 Å². The number of fused-ring (bicyclic) bond motifs is 3. The van der Waals surface area contributed by atoms with Gasteiger partial charge in [0.05, 0.1) is 26.0 Å². The largest absolute Gasteiger partial charge is 0.359 e. The van der Waals surface area contributed by atoms with Crippen molar-refractivity contribution in [2.75, 3.05) is 13.2 Å². The fraction of sp³-hybridized carbons (Fsp3) is 0.231. The number of nitrogens with zero attached hydrogens (tertiary/aromatic N) is 4. The van der Waals surface area contributed by atoms with Gasteiger partial charge in [0.15, 0.2) is 5.78 Å². The Kier molecular flexibility index (Phi) is 6.33. The molecule has 0 saturated heterocycles. The zero-order valence-corrected chi connectivity index (χ0v) is 20.1. The molecule has 7 nitrogen and oxygen atoms in total. The number of rotatable bonds is 9. The predicted octanol–water partition coefficient (Wildman–Crippen LogP) is 6.25. The van der Waals surface area contributed by atoms with Gasteiger partial charge in [0, 0.05) is 21.8 Å². The van der Waals surface area contributed by atoms with Gasteiger partial charge in [0.25, 0.3) is 0 Å². The van der Waals surface area contributed by atoms with Crippen LogP contribution in [0.1, 0.15) is 30.9 Å². The Hall–Kier alpha value is -3.25. The van der Waals surface area contributed by atoms with Crippen molar-refractivity contribution in [1.29, 1.82) is 0 Å². The van der Waals surface area contributed by atoms with E-state index in [4.69, 9.17) is 9.05 Å². The first kappa shape index (κ1) is 22.5. The molecule has 2 heterocycles. The first-order valence-electron chi connectivity index (χ1n) is 11.4. The SMILES string of the molecule is CCOP(=O)(OCC)C(c1ccccc1)n1cc(Cn2c3ccccc3c3ccccc32)nn1. The van der Waals surface area contributed by atoms with E-state index in [9.17, 15) is 4.57 Å². The van der Waals surface area contributed by atoms with Gasteiger partial charge in [-0.2, -0.15) is 0 Å². The molecule has 0 amide bonds. The van der Waals surface area contributed by atoms with Crippen LogP contribution in [0.15, 0.2) is 85.1 Å². The molecule has 0 spiro atoms. The van der Waals surface area contributed by atoms with Crippen molar-refractivity contribution >= 4 is 29.4 Å². The molecule has 0 N–H and O–H groups in total. The highest BCUT2D eigenvalue weighted by atomic mass is 31.2. The van der Waals surface area contributed by atoms with E-state index in [0.717, 1.165) is 22.3 Å². The molecule has 34 heavy (non-hydrogen) atoms. The highest BCUT2D eigenvalue weighted by Crippen LogP contribution is 2.61. The fourth-order valence-electron chi connectivity index (χ4n) is 4.48. The molecule has 0 aliphatic carbocycles. The van der Waals surface area contributed by atoms with Crippen molar-refractivity contribution in [3.05, 3.63) is 96.3 Å². The van der Waals surface area contributed by atoms with Crippen molar-refractivity contribution in [1.82, 2.24) is 19.6 Å². The summed E-state index contributed by atoms with van der Waals surface area (Å²) < 4.78 is 29.1. The monoisotopic (exact) mass is 474 g/mol. The maximum absolute atomic E-state index is 13.9. The van der Waals surface area contributed by atoms with E-state index in [0.29, 0.717) is 6.54 Å². The van der Waals surface area contributed by atoms with Gasteiger partial charge in [-0.25, -0.2) is 4.68 Å². The summed E-state index contributed by atoms with van der Waals surface area (Å²) in [6, 6.07) is 26.2. The van der Waals surface area contributed by atoms with Crippen LogP contribution in [0.4, 0.5) is 0 Å². The minimum Gasteiger partial charge on any atom is -0.334 e. The van der Waals surface area contributed by atoms with Gasteiger partial charge in [-0.3, -0.25) is 4.57 Å². The van der Waals surface area contributed by atoms with Crippen molar-refractivity contribution < 1.29 is 13.6 Å². The van der Waals surface area contributed by atoms with E-state index in [1.165, 1.54) is 10.8 Å². The summed E-state index contributed by atoms with van der Waals surface area (Å²) >= 11 is 0. The molecular formula is C26H27N4O3P. The molecule has 3 aromatic carbocycles. The Morgan fingerprint density at radius 2 is 1.38 bits per heavy atom. The molecule has 1 unspecified atom stereocenters. The van der Waals surface area contributed by atoms with E-state index >= 15 is 0 Å². The van der Waals surface area contributed by atoms with Gasteiger partial charge in [-0.1, -0.05) is 71.9 Å². The van der Waals surface area contributed by atoms with E-state index in [-0.39, 0.29) is 13.2 Å². The van der Waals surface area contributed by atoms with E-state index < -0.39 is 13.4 Å². The molecule has 0 saturated carbocycles. The second kappa shape index (κ2) is 9.55. The van der Waals surface area contributed by atoms with Crippen LogP contribution in [-0.4, -0.2) is 32.8 Å². The standard InChI is InChI=1S/C26H27N4O3P/c1-3-32-34(31,33-4-2)26(20-12-6-5-7-13-20)30-19-21(27-28-30)18-29-24-16-10-8-14-22(24)23-15-9-11-17-25(23)29/h5-17,19,26H,3-4,18H2,1-2H3. The molecule has 0 aliphatic rings. The molecule has 0 bridgehead atoms. The van der Waals surface area contributed by atoms with Crippen LogP contribution < -0.4 is 0 Å². The quantitative estimate of drug-likeness (QED) is 0.236. The third kappa shape index (κ3) is 4.07. The smallest absolute Gasteiger partial charge is 0.334 e. The van der Waals surface area contributed by atoms with Crippen LogP contribution in [0.25, 0.3) is 21.8 Å². The van der Waals surface area contributed by atoms with E-state index in [1.807, 2.05) is 62.5 Å². The van der Waals surface area contributed by atoms with Crippen LogP contribution in [0.3, 0.4) is 0 Å². The Morgan fingerprint density at radius 3 is 1.97 bits per heavy atom. The number of hydrogen-bond acceptors (Lipinski definition) is 5. The summed E-state index contributed by atoms with van der Waals surface area (Å²) in [7, 11) is -3.56. The predicted molar refractivity (Wildman–Crippen MR) is 134 cm³/mol. The highest BCUT2D eigenvalue weighted by molar-refractivity contribution is 7.54. The third-order valence-electron chi connectivity index (χ3n) is 5.82. The molecule has 174 valence electrons. The zero-order valence-electron chi connectivity index (χ0n) is 19.2. The second-order valence-corrected chi connectivity index (χ2v) is 10.1. The van der Waals surface area contributed by atoms with Crippen LogP contribution >= 0.6 is 7.60 Å². The highest BCUT2D eigenvalue weighted by Gasteiger charge is 2.39. The van der Waals surface area contributed by atoms with Crippen LogP contribution in [0.5, 0.6) is 0 Å². The van der Waals surface area contributed by atoms with E-state index in [2.05, 4.69) is 51.3 Å². The molecule has 1 atom stereocenters. The molecule has 5 aromatic rings. The number of aromatic nitrogens is 4.